The van der Waals surface area contributed by atoms with Gasteiger partial charge in [-0.25, -0.2) is 9.59 Å². The molecule has 19 heavy (non-hydrogen) atoms. The van der Waals surface area contributed by atoms with Crippen molar-refractivity contribution in [3.63, 3.8) is 0 Å². The number of aliphatic carboxylic acids is 1. The van der Waals surface area contributed by atoms with Gasteiger partial charge >= 0.3 is 12.0 Å². The highest BCUT2D eigenvalue weighted by atomic mass is 16.5. The van der Waals surface area contributed by atoms with E-state index in [1.807, 2.05) is 13.8 Å². The summed E-state index contributed by atoms with van der Waals surface area (Å²) in [5.74, 6) is -0.726. The van der Waals surface area contributed by atoms with Crippen molar-refractivity contribution in [2.45, 2.75) is 45.2 Å². The molecule has 0 bridgehead atoms. The maximum absolute atomic E-state index is 12.3. The number of carboxylic acid groups (broad SMARTS) is 1. The number of nitrogens with one attached hydrogen (secondary N) is 1. The normalized spacial score (nSPS) is 24.6. The van der Waals surface area contributed by atoms with Crippen LogP contribution in [-0.2, 0) is 9.53 Å². The summed E-state index contributed by atoms with van der Waals surface area (Å²) in [4.78, 5) is 25.0. The molecule has 1 heterocycles. The molecule has 1 saturated heterocycles. The van der Waals surface area contributed by atoms with Gasteiger partial charge < -0.3 is 20.1 Å². The van der Waals surface area contributed by atoms with Crippen molar-refractivity contribution in [1.82, 2.24) is 10.2 Å². The standard InChI is InChI=1S/C13H24N2O4/c1-9(2)10(8-19-4)14-12(18)15-7-5-6-13(15,3)11(16)17/h9-10H,5-8H2,1-4H3,(H,14,18)(H,16,17). The van der Waals surface area contributed by atoms with Crippen LogP contribution < -0.4 is 5.32 Å². The third-order valence-corrected chi connectivity index (χ3v) is 3.81. The molecule has 6 nitrogen and oxygen atoms in total. The van der Waals surface area contributed by atoms with Crippen LogP contribution in [0.5, 0.6) is 0 Å². The topological polar surface area (TPSA) is 78.9 Å². The minimum absolute atomic E-state index is 0.115. The second kappa shape index (κ2) is 6.23. The van der Waals surface area contributed by atoms with Crippen molar-refractivity contribution in [3.05, 3.63) is 0 Å². The number of urea groups is 1. The molecule has 0 aromatic rings. The number of nitrogens with zero attached hydrogens (tertiary/aromatic N) is 1. The Bertz CT molecular complexity index is 346. The summed E-state index contributed by atoms with van der Waals surface area (Å²) in [6, 6.07) is -0.436. The third kappa shape index (κ3) is 3.37. The maximum Gasteiger partial charge on any atom is 0.329 e. The lowest BCUT2D eigenvalue weighted by molar-refractivity contribution is -0.147. The molecule has 1 rings (SSSR count). The maximum atomic E-state index is 12.3. The number of ether oxygens (including phenoxy) is 1. The van der Waals surface area contributed by atoms with Crippen molar-refractivity contribution in [2.24, 2.45) is 5.92 Å². The molecule has 6 heteroatoms. The Hall–Kier alpha value is -1.30. The molecule has 2 amide bonds. The van der Waals surface area contributed by atoms with Gasteiger partial charge in [0.1, 0.15) is 5.54 Å². The molecule has 0 aliphatic carbocycles. The van der Waals surface area contributed by atoms with E-state index in [0.717, 1.165) is 0 Å². The number of hydrogen-bond acceptors (Lipinski definition) is 3. The smallest absolute Gasteiger partial charge is 0.329 e. The second-order valence-electron chi connectivity index (χ2n) is 5.59. The van der Waals surface area contributed by atoms with E-state index in [9.17, 15) is 14.7 Å². The lowest BCUT2D eigenvalue weighted by atomic mass is 9.99. The minimum atomic E-state index is -1.10. The van der Waals surface area contributed by atoms with Gasteiger partial charge in [0.2, 0.25) is 0 Å². The van der Waals surface area contributed by atoms with Gasteiger partial charge in [-0.3, -0.25) is 0 Å². The molecule has 0 aromatic carbocycles. The summed E-state index contributed by atoms with van der Waals surface area (Å²) in [6.07, 6.45) is 1.21. The van der Waals surface area contributed by atoms with Crippen molar-refractivity contribution < 1.29 is 19.4 Å². The van der Waals surface area contributed by atoms with E-state index in [2.05, 4.69) is 5.32 Å². The van der Waals surface area contributed by atoms with Gasteiger partial charge in [0.05, 0.1) is 12.6 Å². The van der Waals surface area contributed by atoms with Gasteiger partial charge in [0.15, 0.2) is 0 Å². The SMILES string of the molecule is COCC(NC(=O)N1CCCC1(C)C(=O)O)C(C)C. The quantitative estimate of drug-likeness (QED) is 0.791. The summed E-state index contributed by atoms with van der Waals surface area (Å²) in [5.41, 5.74) is -1.10. The van der Waals surface area contributed by atoms with Crippen molar-refractivity contribution in [3.8, 4) is 0 Å². The summed E-state index contributed by atoms with van der Waals surface area (Å²) < 4.78 is 5.08. The van der Waals surface area contributed by atoms with Gasteiger partial charge in [0, 0.05) is 13.7 Å². The molecule has 2 atom stereocenters. The zero-order chi connectivity index (χ0) is 14.6. The fourth-order valence-corrected chi connectivity index (χ4v) is 2.33. The predicted octanol–water partition coefficient (Wildman–Crippen LogP) is 1.31. The highest BCUT2D eigenvalue weighted by Gasteiger charge is 2.46. The fourth-order valence-electron chi connectivity index (χ4n) is 2.33. The Morgan fingerprint density at radius 2 is 2.11 bits per heavy atom. The summed E-state index contributed by atoms with van der Waals surface area (Å²) in [5, 5.41) is 12.2. The van der Waals surface area contributed by atoms with Crippen LogP contribution >= 0.6 is 0 Å². The Labute approximate surface area is 114 Å². The Morgan fingerprint density at radius 3 is 2.58 bits per heavy atom. The predicted molar refractivity (Wildman–Crippen MR) is 71.0 cm³/mol. The second-order valence-corrected chi connectivity index (χ2v) is 5.59. The number of likely N-dealkylation sites (tertiary alicyclic amines) is 1. The molecule has 0 radical (unpaired) electrons. The van der Waals surface area contributed by atoms with Gasteiger partial charge in [-0.1, -0.05) is 13.8 Å². The van der Waals surface area contributed by atoms with E-state index in [0.29, 0.717) is 26.0 Å². The molecule has 2 N–H and O–H groups in total. The number of amides is 2. The highest BCUT2D eigenvalue weighted by Crippen LogP contribution is 2.29. The average molecular weight is 272 g/mol. The van der Waals surface area contributed by atoms with Crippen LogP contribution in [-0.4, -0.2) is 53.8 Å². The highest BCUT2D eigenvalue weighted by molar-refractivity contribution is 5.86. The number of carbonyl (C=O) groups excluding carboxylic acids is 1. The minimum Gasteiger partial charge on any atom is -0.480 e. The molecule has 0 saturated carbocycles. The Balaban J connectivity index is 2.74. The number of hydrogen-bond donors (Lipinski definition) is 2. The third-order valence-electron chi connectivity index (χ3n) is 3.81. The van der Waals surface area contributed by atoms with E-state index in [4.69, 9.17) is 4.74 Å². The molecule has 1 aliphatic rings. The molecule has 110 valence electrons. The summed E-state index contributed by atoms with van der Waals surface area (Å²) in [6.45, 7) is 6.48. The molecular weight excluding hydrogens is 248 g/mol. The molecule has 1 aliphatic heterocycles. The fraction of sp³-hybridized carbons (Fsp3) is 0.846. The van der Waals surface area contributed by atoms with Crippen LogP contribution in [0, 0.1) is 5.92 Å². The number of rotatable bonds is 5. The molecule has 2 unspecified atom stereocenters. The number of carboxylic acids is 1. The first-order chi connectivity index (χ1) is 8.82. The van der Waals surface area contributed by atoms with E-state index in [-0.39, 0.29) is 18.0 Å². The first-order valence-electron chi connectivity index (χ1n) is 6.63. The van der Waals surface area contributed by atoms with E-state index in [1.165, 1.54) is 4.90 Å². The van der Waals surface area contributed by atoms with Crippen LogP contribution in [0.15, 0.2) is 0 Å². The van der Waals surface area contributed by atoms with Crippen molar-refractivity contribution >= 4 is 12.0 Å². The Morgan fingerprint density at radius 1 is 1.47 bits per heavy atom. The zero-order valence-corrected chi connectivity index (χ0v) is 12.1. The van der Waals surface area contributed by atoms with Gasteiger partial charge in [-0.2, -0.15) is 0 Å². The van der Waals surface area contributed by atoms with Crippen LogP contribution in [0.25, 0.3) is 0 Å². The van der Waals surface area contributed by atoms with Crippen molar-refractivity contribution in [1.29, 1.82) is 0 Å². The number of carbonyl (C=O) groups is 2. The largest absolute Gasteiger partial charge is 0.480 e. The first kappa shape index (κ1) is 15.8. The van der Waals surface area contributed by atoms with Crippen LogP contribution in [0.1, 0.15) is 33.6 Å². The lowest BCUT2D eigenvalue weighted by Gasteiger charge is -2.33. The van der Waals surface area contributed by atoms with Gasteiger partial charge in [-0.05, 0) is 25.7 Å². The zero-order valence-electron chi connectivity index (χ0n) is 12.1. The lowest BCUT2D eigenvalue weighted by Crippen LogP contribution is -2.56. The van der Waals surface area contributed by atoms with E-state index < -0.39 is 11.5 Å². The van der Waals surface area contributed by atoms with Crippen LogP contribution in [0.3, 0.4) is 0 Å². The van der Waals surface area contributed by atoms with Gasteiger partial charge in [0.25, 0.3) is 0 Å². The Kier molecular flexibility index (Phi) is 5.17. The van der Waals surface area contributed by atoms with E-state index in [1.54, 1.807) is 14.0 Å². The molecule has 1 fully saturated rings. The molecule has 0 aromatic heterocycles. The monoisotopic (exact) mass is 272 g/mol. The van der Waals surface area contributed by atoms with E-state index >= 15 is 0 Å². The van der Waals surface area contributed by atoms with Crippen LogP contribution in [0.2, 0.25) is 0 Å². The van der Waals surface area contributed by atoms with Gasteiger partial charge in [-0.15, -0.1) is 0 Å². The molecular formula is C13H24N2O4. The summed E-state index contributed by atoms with van der Waals surface area (Å²) in [7, 11) is 1.58. The molecule has 0 spiro atoms. The van der Waals surface area contributed by atoms with Crippen molar-refractivity contribution in [2.75, 3.05) is 20.3 Å². The summed E-state index contributed by atoms with van der Waals surface area (Å²) >= 11 is 0. The average Bonchev–Trinajstić information content (AvgIpc) is 2.72. The first-order valence-corrected chi connectivity index (χ1v) is 6.63. The number of methoxy groups -OCH3 is 1. The van der Waals surface area contributed by atoms with Crippen LogP contribution in [0.4, 0.5) is 4.79 Å².